The van der Waals surface area contributed by atoms with Gasteiger partial charge in [-0.3, -0.25) is 0 Å². The zero-order valence-corrected chi connectivity index (χ0v) is 11.1. The molecule has 2 aromatic carbocycles. The first-order chi connectivity index (χ1) is 9.74. The maximum atomic E-state index is 9.85. The summed E-state index contributed by atoms with van der Waals surface area (Å²) in [6.45, 7) is 1.94. The standard InChI is InChI=1S/C16H15N3O/c1-12-11-16(17-14-9-5-6-10-15(14)20)19(18-12)13-7-3-2-4-8-13/h2-11,17,20H,1H3. The number of phenolic OH excluding ortho intramolecular Hbond substituents is 1. The Morgan fingerprint density at radius 2 is 1.70 bits per heavy atom. The van der Waals surface area contributed by atoms with Crippen LogP contribution in [-0.2, 0) is 0 Å². The Labute approximate surface area is 117 Å². The summed E-state index contributed by atoms with van der Waals surface area (Å²) in [5.74, 6) is 1.03. The number of phenols is 1. The first kappa shape index (κ1) is 12.3. The minimum atomic E-state index is 0.214. The molecule has 0 aliphatic rings. The Bertz CT molecular complexity index is 720. The SMILES string of the molecule is Cc1cc(Nc2ccccc2O)n(-c2ccccc2)n1. The van der Waals surface area contributed by atoms with Gasteiger partial charge in [0, 0.05) is 6.07 Å². The van der Waals surface area contributed by atoms with E-state index in [0.717, 1.165) is 17.2 Å². The highest BCUT2D eigenvalue weighted by Gasteiger charge is 2.09. The topological polar surface area (TPSA) is 50.1 Å². The van der Waals surface area contributed by atoms with Gasteiger partial charge in [-0.15, -0.1) is 0 Å². The van der Waals surface area contributed by atoms with E-state index < -0.39 is 0 Å². The molecule has 4 heteroatoms. The summed E-state index contributed by atoms with van der Waals surface area (Å²) in [5.41, 5.74) is 2.54. The lowest BCUT2D eigenvalue weighted by Crippen LogP contribution is -2.02. The molecule has 1 heterocycles. The van der Waals surface area contributed by atoms with Crippen molar-refractivity contribution in [1.82, 2.24) is 9.78 Å². The number of nitrogens with zero attached hydrogens (tertiary/aromatic N) is 2. The van der Waals surface area contributed by atoms with Crippen LogP contribution in [-0.4, -0.2) is 14.9 Å². The van der Waals surface area contributed by atoms with Crippen molar-refractivity contribution in [2.75, 3.05) is 5.32 Å². The first-order valence-corrected chi connectivity index (χ1v) is 6.41. The molecule has 0 atom stereocenters. The second-order valence-electron chi connectivity index (χ2n) is 4.56. The van der Waals surface area contributed by atoms with Crippen molar-refractivity contribution in [2.24, 2.45) is 0 Å². The fraction of sp³-hybridized carbons (Fsp3) is 0.0625. The molecule has 0 unspecified atom stereocenters. The van der Waals surface area contributed by atoms with Crippen LogP contribution in [0.25, 0.3) is 5.69 Å². The third-order valence-electron chi connectivity index (χ3n) is 3.00. The van der Waals surface area contributed by atoms with Crippen LogP contribution < -0.4 is 5.32 Å². The van der Waals surface area contributed by atoms with Gasteiger partial charge in [0.05, 0.1) is 17.1 Å². The van der Waals surface area contributed by atoms with Crippen LogP contribution in [0.5, 0.6) is 5.75 Å². The van der Waals surface area contributed by atoms with Crippen molar-refractivity contribution in [3.05, 3.63) is 66.4 Å². The lowest BCUT2D eigenvalue weighted by Gasteiger charge is -2.10. The molecule has 0 bridgehead atoms. The highest BCUT2D eigenvalue weighted by molar-refractivity contribution is 5.65. The summed E-state index contributed by atoms with van der Waals surface area (Å²) < 4.78 is 1.82. The van der Waals surface area contributed by atoms with E-state index in [1.807, 2.05) is 60.1 Å². The maximum Gasteiger partial charge on any atom is 0.139 e. The summed E-state index contributed by atoms with van der Waals surface area (Å²) in [6.07, 6.45) is 0. The monoisotopic (exact) mass is 265 g/mol. The smallest absolute Gasteiger partial charge is 0.139 e. The van der Waals surface area contributed by atoms with Gasteiger partial charge >= 0.3 is 0 Å². The summed E-state index contributed by atoms with van der Waals surface area (Å²) in [7, 11) is 0. The van der Waals surface area contributed by atoms with Gasteiger partial charge in [0.2, 0.25) is 0 Å². The second-order valence-corrected chi connectivity index (χ2v) is 4.56. The van der Waals surface area contributed by atoms with Crippen LogP contribution in [0, 0.1) is 6.92 Å². The van der Waals surface area contributed by atoms with Crippen LogP contribution in [0.15, 0.2) is 60.7 Å². The molecular formula is C16H15N3O. The Hall–Kier alpha value is -2.75. The van der Waals surface area contributed by atoms with Gasteiger partial charge in [0.25, 0.3) is 0 Å². The van der Waals surface area contributed by atoms with E-state index in [0.29, 0.717) is 5.69 Å². The summed E-state index contributed by atoms with van der Waals surface area (Å²) >= 11 is 0. The van der Waals surface area contributed by atoms with Crippen molar-refractivity contribution in [3.8, 4) is 11.4 Å². The highest BCUT2D eigenvalue weighted by atomic mass is 16.3. The molecule has 2 N–H and O–H groups in total. The quantitative estimate of drug-likeness (QED) is 0.711. The molecule has 0 saturated heterocycles. The van der Waals surface area contributed by atoms with Crippen molar-refractivity contribution in [3.63, 3.8) is 0 Å². The molecule has 0 radical (unpaired) electrons. The van der Waals surface area contributed by atoms with Crippen LogP contribution >= 0.6 is 0 Å². The summed E-state index contributed by atoms with van der Waals surface area (Å²) in [6, 6.07) is 19.0. The zero-order chi connectivity index (χ0) is 13.9. The fourth-order valence-electron chi connectivity index (χ4n) is 2.07. The molecule has 0 aliphatic carbocycles. The van der Waals surface area contributed by atoms with Crippen molar-refractivity contribution in [1.29, 1.82) is 0 Å². The van der Waals surface area contributed by atoms with E-state index in [9.17, 15) is 5.11 Å². The molecule has 1 aromatic heterocycles. The summed E-state index contributed by atoms with van der Waals surface area (Å²) in [5, 5.41) is 17.5. The lowest BCUT2D eigenvalue weighted by molar-refractivity contribution is 0.477. The molecular weight excluding hydrogens is 250 g/mol. The lowest BCUT2D eigenvalue weighted by atomic mass is 10.3. The van der Waals surface area contributed by atoms with Gasteiger partial charge in [0.15, 0.2) is 0 Å². The molecule has 0 fully saturated rings. The molecule has 0 aliphatic heterocycles. The van der Waals surface area contributed by atoms with E-state index in [1.165, 1.54) is 0 Å². The Morgan fingerprint density at radius 1 is 1.00 bits per heavy atom. The number of anilines is 2. The number of aryl methyl sites for hydroxylation is 1. The van der Waals surface area contributed by atoms with Gasteiger partial charge in [0.1, 0.15) is 11.6 Å². The van der Waals surface area contributed by atoms with E-state index in [1.54, 1.807) is 12.1 Å². The van der Waals surface area contributed by atoms with E-state index in [4.69, 9.17) is 0 Å². The average Bonchev–Trinajstić information content (AvgIpc) is 2.83. The number of hydrogen-bond donors (Lipinski definition) is 2. The van der Waals surface area contributed by atoms with Crippen LogP contribution in [0.1, 0.15) is 5.69 Å². The predicted molar refractivity (Wildman–Crippen MR) is 79.7 cm³/mol. The third-order valence-corrected chi connectivity index (χ3v) is 3.00. The van der Waals surface area contributed by atoms with E-state index >= 15 is 0 Å². The van der Waals surface area contributed by atoms with Crippen LogP contribution in [0.2, 0.25) is 0 Å². The fourth-order valence-corrected chi connectivity index (χ4v) is 2.07. The molecule has 4 nitrogen and oxygen atoms in total. The zero-order valence-electron chi connectivity index (χ0n) is 11.1. The summed E-state index contributed by atoms with van der Waals surface area (Å²) in [4.78, 5) is 0. The molecule has 3 aromatic rings. The minimum absolute atomic E-state index is 0.214. The predicted octanol–water partition coefficient (Wildman–Crippen LogP) is 3.63. The van der Waals surface area contributed by atoms with Gasteiger partial charge in [-0.25, -0.2) is 4.68 Å². The van der Waals surface area contributed by atoms with Crippen molar-refractivity contribution >= 4 is 11.5 Å². The number of nitrogens with one attached hydrogen (secondary N) is 1. The largest absolute Gasteiger partial charge is 0.506 e. The molecule has 0 saturated carbocycles. The third kappa shape index (κ3) is 2.36. The normalized spacial score (nSPS) is 10.4. The molecule has 3 rings (SSSR count). The Balaban J connectivity index is 2.01. The van der Waals surface area contributed by atoms with Crippen LogP contribution in [0.4, 0.5) is 11.5 Å². The van der Waals surface area contributed by atoms with Gasteiger partial charge in [-0.1, -0.05) is 30.3 Å². The van der Waals surface area contributed by atoms with Gasteiger partial charge in [-0.2, -0.15) is 5.10 Å². The average molecular weight is 265 g/mol. The van der Waals surface area contributed by atoms with Crippen molar-refractivity contribution < 1.29 is 5.11 Å². The number of aromatic hydroxyl groups is 1. The van der Waals surface area contributed by atoms with Crippen LogP contribution in [0.3, 0.4) is 0 Å². The number of hydrogen-bond acceptors (Lipinski definition) is 3. The van der Waals surface area contributed by atoms with Crippen molar-refractivity contribution in [2.45, 2.75) is 6.92 Å². The van der Waals surface area contributed by atoms with E-state index in [2.05, 4.69) is 10.4 Å². The Morgan fingerprint density at radius 3 is 2.45 bits per heavy atom. The van der Waals surface area contributed by atoms with Gasteiger partial charge in [-0.05, 0) is 31.2 Å². The molecule has 20 heavy (non-hydrogen) atoms. The number of benzene rings is 2. The number of para-hydroxylation sites is 3. The number of aromatic nitrogens is 2. The van der Waals surface area contributed by atoms with Gasteiger partial charge < -0.3 is 10.4 Å². The second kappa shape index (κ2) is 5.09. The molecule has 0 spiro atoms. The van der Waals surface area contributed by atoms with E-state index in [-0.39, 0.29) is 5.75 Å². The molecule has 100 valence electrons. The highest BCUT2D eigenvalue weighted by Crippen LogP contribution is 2.27. The molecule has 0 amide bonds. The Kier molecular flexibility index (Phi) is 3.13. The first-order valence-electron chi connectivity index (χ1n) is 6.41. The number of rotatable bonds is 3. The maximum absolute atomic E-state index is 9.85. The minimum Gasteiger partial charge on any atom is -0.506 e.